The molecule has 0 heterocycles. The average molecular weight is 391 g/mol. The van der Waals surface area contributed by atoms with Crippen LogP contribution in [0.25, 0.3) is 0 Å². The van der Waals surface area contributed by atoms with Crippen LogP contribution in [0.2, 0.25) is 0 Å². The molecule has 0 fully saturated rings. The fraction of sp³-hybridized carbons (Fsp3) is 0.857. The van der Waals surface area contributed by atoms with Gasteiger partial charge in [-0.1, -0.05) is 154 Å². The summed E-state index contributed by atoms with van der Waals surface area (Å²) >= 11 is 0. The second kappa shape index (κ2) is 26.7. The summed E-state index contributed by atoms with van der Waals surface area (Å²) in [4.78, 5) is 0. The third kappa shape index (κ3) is 25.7. The summed E-state index contributed by atoms with van der Waals surface area (Å²) in [6, 6.07) is 0. The van der Waals surface area contributed by atoms with Gasteiger partial charge >= 0.3 is 0 Å². The van der Waals surface area contributed by atoms with Crippen LogP contribution in [0.3, 0.4) is 0 Å². The summed E-state index contributed by atoms with van der Waals surface area (Å²) in [5.41, 5.74) is 0. The molecule has 0 saturated heterocycles. The molecule has 28 heavy (non-hydrogen) atoms. The van der Waals surface area contributed by atoms with Crippen molar-refractivity contribution in [2.45, 2.75) is 154 Å². The predicted octanol–water partition coefficient (Wildman–Crippen LogP) is 10.6. The minimum atomic E-state index is 1.11. The number of allylic oxidation sites excluding steroid dienone is 2. The predicted molar refractivity (Wildman–Crippen MR) is 131 cm³/mol. The zero-order chi connectivity index (χ0) is 20.4. The normalized spacial score (nSPS) is 11.6. The van der Waals surface area contributed by atoms with Crippen molar-refractivity contribution >= 4 is 0 Å². The Morgan fingerprint density at radius 2 is 0.500 bits per heavy atom. The Bertz CT molecular complexity index is 278. The van der Waals surface area contributed by atoms with E-state index in [2.05, 4.69) is 26.0 Å². The summed E-state index contributed by atoms with van der Waals surface area (Å²) < 4.78 is 0. The highest BCUT2D eigenvalue weighted by atomic mass is 14.0. The first-order valence-electron chi connectivity index (χ1n) is 13.1. The van der Waals surface area contributed by atoms with Gasteiger partial charge < -0.3 is 0 Å². The Kier molecular flexibility index (Phi) is 26.5. The van der Waals surface area contributed by atoms with Crippen LogP contribution in [-0.2, 0) is 0 Å². The lowest BCUT2D eigenvalue weighted by atomic mass is 10.0. The minimum Gasteiger partial charge on any atom is -0.0885 e. The standard InChI is InChI=1S/C28H54/c1-3-5-7-9-11-13-15-17-19-21-23-25-27-28-26-24-22-20-18-16-14-12-10-8-6-4-2/h19,21H,1-18,20,22-28H2. The maximum absolute atomic E-state index is 3.91. The second-order valence-electron chi connectivity index (χ2n) is 8.83. The van der Waals surface area contributed by atoms with E-state index in [0.29, 0.717) is 0 Å². The number of hydrogen-bond donors (Lipinski definition) is 0. The van der Waals surface area contributed by atoms with Crippen LogP contribution in [0, 0.1) is 13.8 Å². The molecule has 0 unspecified atom stereocenters. The molecule has 0 nitrogen and oxygen atoms in total. The molecule has 0 aromatic carbocycles. The van der Waals surface area contributed by atoms with Crippen molar-refractivity contribution < 1.29 is 0 Å². The molecular formula is C28H54. The van der Waals surface area contributed by atoms with E-state index < -0.39 is 0 Å². The Morgan fingerprint density at radius 3 is 0.750 bits per heavy atom. The highest BCUT2D eigenvalue weighted by Crippen LogP contribution is 2.14. The quantitative estimate of drug-likeness (QED) is 0.113. The van der Waals surface area contributed by atoms with Crippen molar-refractivity contribution in [1.29, 1.82) is 0 Å². The molecule has 0 saturated carbocycles. The van der Waals surface area contributed by atoms with E-state index in [1.54, 1.807) is 0 Å². The maximum Gasteiger partial charge on any atom is -0.0351 e. The molecule has 0 aliphatic heterocycles. The molecule has 0 aliphatic carbocycles. The van der Waals surface area contributed by atoms with Crippen LogP contribution in [0.1, 0.15) is 154 Å². The van der Waals surface area contributed by atoms with Crippen molar-refractivity contribution in [3.63, 3.8) is 0 Å². The van der Waals surface area contributed by atoms with E-state index in [1.165, 1.54) is 141 Å². The van der Waals surface area contributed by atoms with Crippen molar-refractivity contribution in [1.82, 2.24) is 0 Å². The van der Waals surface area contributed by atoms with Gasteiger partial charge in [0, 0.05) is 0 Å². The van der Waals surface area contributed by atoms with Gasteiger partial charge in [0.1, 0.15) is 0 Å². The van der Waals surface area contributed by atoms with Gasteiger partial charge in [0.2, 0.25) is 0 Å². The van der Waals surface area contributed by atoms with Crippen LogP contribution in [-0.4, -0.2) is 0 Å². The van der Waals surface area contributed by atoms with Crippen LogP contribution in [0.5, 0.6) is 0 Å². The zero-order valence-electron chi connectivity index (χ0n) is 19.5. The van der Waals surface area contributed by atoms with Gasteiger partial charge in [-0.15, -0.1) is 0 Å². The van der Waals surface area contributed by atoms with Crippen LogP contribution < -0.4 is 0 Å². The number of hydrogen-bond acceptors (Lipinski definition) is 0. The topological polar surface area (TPSA) is 0 Å². The van der Waals surface area contributed by atoms with Crippen molar-refractivity contribution in [3.05, 3.63) is 26.0 Å². The molecule has 0 heteroatoms. The Labute approximate surface area is 180 Å². The zero-order valence-corrected chi connectivity index (χ0v) is 19.5. The van der Waals surface area contributed by atoms with E-state index in [0.717, 1.165) is 12.8 Å². The lowest BCUT2D eigenvalue weighted by Crippen LogP contribution is -1.83. The maximum atomic E-state index is 3.91. The monoisotopic (exact) mass is 390 g/mol. The van der Waals surface area contributed by atoms with Crippen molar-refractivity contribution in [2.24, 2.45) is 0 Å². The van der Waals surface area contributed by atoms with Gasteiger partial charge in [-0.05, 0) is 25.7 Å². The number of rotatable bonds is 24. The first-order valence-corrected chi connectivity index (χ1v) is 13.1. The summed E-state index contributed by atoms with van der Waals surface area (Å²) in [6.45, 7) is 7.81. The Hall–Kier alpha value is -0.260. The van der Waals surface area contributed by atoms with E-state index in [-0.39, 0.29) is 0 Å². The van der Waals surface area contributed by atoms with E-state index >= 15 is 0 Å². The van der Waals surface area contributed by atoms with Gasteiger partial charge in [0.05, 0.1) is 0 Å². The van der Waals surface area contributed by atoms with Crippen LogP contribution >= 0.6 is 0 Å². The molecule has 0 aromatic rings. The van der Waals surface area contributed by atoms with Gasteiger partial charge in [0.25, 0.3) is 0 Å². The van der Waals surface area contributed by atoms with Crippen molar-refractivity contribution in [2.75, 3.05) is 0 Å². The van der Waals surface area contributed by atoms with Gasteiger partial charge in [0.15, 0.2) is 0 Å². The third-order valence-electron chi connectivity index (χ3n) is 5.91. The third-order valence-corrected chi connectivity index (χ3v) is 5.91. The SMILES string of the molecule is [CH2]CCCCCCCCC=CCCCCCCCCCCCCCCCC[CH2]. The minimum absolute atomic E-state index is 1.11. The molecule has 0 spiro atoms. The first-order chi connectivity index (χ1) is 13.9. The van der Waals surface area contributed by atoms with Gasteiger partial charge in [-0.25, -0.2) is 0 Å². The summed E-state index contributed by atoms with van der Waals surface area (Å²) in [7, 11) is 0. The molecule has 0 amide bonds. The highest BCUT2D eigenvalue weighted by molar-refractivity contribution is 4.81. The molecule has 166 valence electrons. The van der Waals surface area contributed by atoms with Crippen LogP contribution in [0.15, 0.2) is 12.2 Å². The van der Waals surface area contributed by atoms with Crippen LogP contribution in [0.4, 0.5) is 0 Å². The lowest BCUT2D eigenvalue weighted by Gasteiger charge is -2.03. The largest absolute Gasteiger partial charge is 0.0885 e. The van der Waals surface area contributed by atoms with Gasteiger partial charge in [-0.2, -0.15) is 0 Å². The lowest BCUT2D eigenvalue weighted by molar-refractivity contribution is 0.534. The molecule has 0 aliphatic rings. The molecular weight excluding hydrogens is 336 g/mol. The summed E-state index contributed by atoms with van der Waals surface area (Å²) in [5, 5.41) is 0. The summed E-state index contributed by atoms with van der Waals surface area (Å²) in [6.07, 6.45) is 38.2. The fourth-order valence-corrected chi connectivity index (χ4v) is 3.94. The Morgan fingerprint density at radius 1 is 0.286 bits per heavy atom. The van der Waals surface area contributed by atoms with Crippen molar-refractivity contribution in [3.8, 4) is 0 Å². The molecule has 2 radical (unpaired) electrons. The molecule has 0 bridgehead atoms. The molecule has 0 atom stereocenters. The van der Waals surface area contributed by atoms with E-state index in [9.17, 15) is 0 Å². The second-order valence-corrected chi connectivity index (χ2v) is 8.83. The number of unbranched alkanes of at least 4 members (excludes halogenated alkanes) is 22. The first kappa shape index (κ1) is 27.7. The highest BCUT2D eigenvalue weighted by Gasteiger charge is 1.94. The van der Waals surface area contributed by atoms with E-state index in [4.69, 9.17) is 0 Å². The average Bonchev–Trinajstić information content (AvgIpc) is 2.71. The van der Waals surface area contributed by atoms with Gasteiger partial charge in [-0.3, -0.25) is 0 Å². The fourth-order valence-electron chi connectivity index (χ4n) is 3.94. The molecule has 0 aromatic heterocycles. The smallest absolute Gasteiger partial charge is 0.0351 e. The summed E-state index contributed by atoms with van der Waals surface area (Å²) in [5.74, 6) is 0. The molecule has 0 rings (SSSR count). The molecule has 0 N–H and O–H groups in total. The Balaban J connectivity index is 3.04. The van der Waals surface area contributed by atoms with E-state index in [1.807, 2.05) is 0 Å².